The second kappa shape index (κ2) is 2.44. The zero-order valence-corrected chi connectivity index (χ0v) is 6.98. The SMILES string of the molecule is O[C@H]1C[C@H]2CO[C@H]3OCCC1C23. The fourth-order valence-corrected chi connectivity index (χ4v) is 3.05. The third-order valence-electron chi connectivity index (χ3n) is 3.60. The van der Waals surface area contributed by atoms with Crippen molar-refractivity contribution >= 4 is 0 Å². The lowest BCUT2D eigenvalue weighted by atomic mass is 9.87. The van der Waals surface area contributed by atoms with Crippen LogP contribution >= 0.6 is 0 Å². The molecule has 5 atom stereocenters. The van der Waals surface area contributed by atoms with Crippen molar-refractivity contribution in [3.05, 3.63) is 0 Å². The van der Waals surface area contributed by atoms with Crippen LogP contribution in [0.5, 0.6) is 0 Å². The van der Waals surface area contributed by atoms with E-state index in [1.54, 1.807) is 0 Å². The molecule has 3 nitrogen and oxygen atoms in total. The molecule has 3 heteroatoms. The Bertz CT molecular complexity index is 190. The minimum atomic E-state index is -0.0877. The van der Waals surface area contributed by atoms with Crippen molar-refractivity contribution in [2.75, 3.05) is 13.2 Å². The molecule has 3 fully saturated rings. The Morgan fingerprint density at radius 3 is 3.08 bits per heavy atom. The van der Waals surface area contributed by atoms with Crippen molar-refractivity contribution in [3.63, 3.8) is 0 Å². The van der Waals surface area contributed by atoms with Crippen LogP contribution in [-0.2, 0) is 9.47 Å². The minimum absolute atomic E-state index is 0.00546. The quantitative estimate of drug-likeness (QED) is 0.571. The van der Waals surface area contributed by atoms with Gasteiger partial charge in [-0.2, -0.15) is 0 Å². The monoisotopic (exact) mass is 170 g/mol. The molecule has 0 spiro atoms. The molecule has 2 heterocycles. The fraction of sp³-hybridized carbons (Fsp3) is 1.00. The zero-order valence-electron chi connectivity index (χ0n) is 6.98. The molecule has 1 saturated carbocycles. The molecule has 68 valence electrons. The smallest absolute Gasteiger partial charge is 0.161 e. The second-order valence-electron chi connectivity index (χ2n) is 4.17. The summed E-state index contributed by atoms with van der Waals surface area (Å²) in [6.07, 6.45) is 1.86. The van der Waals surface area contributed by atoms with Crippen LogP contribution in [-0.4, -0.2) is 30.7 Å². The highest BCUT2D eigenvalue weighted by Gasteiger charge is 2.52. The van der Waals surface area contributed by atoms with Gasteiger partial charge in [-0.05, 0) is 24.7 Å². The van der Waals surface area contributed by atoms with Crippen LogP contribution < -0.4 is 0 Å². The van der Waals surface area contributed by atoms with E-state index in [9.17, 15) is 5.11 Å². The molecule has 1 aliphatic carbocycles. The Hall–Kier alpha value is -0.120. The van der Waals surface area contributed by atoms with Crippen LogP contribution in [0, 0.1) is 17.8 Å². The average Bonchev–Trinajstić information content (AvgIpc) is 2.61. The van der Waals surface area contributed by atoms with Crippen molar-refractivity contribution in [2.24, 2.45) is 17.8 Å². The van der Waals surface area contributed by atoms with Gasteiger partial charge in [0, 0.05) is 5.92 Å². The first-order valence-corrected chi connectivity index (χ1v) is 4.77. The lowest BCUT2D eigenvalue weighted by molar-refractivity contribution is -0.173. The van der Waals surface area contributed by atoms with Gasteiger partial charge in [-0.25, -0.2) is 0 Å². The van der Waals surface area contributed by atoms with Gasteiger partial charge in [-0.1, -0.05) is 0 Å². The molecular weight excluding hydrogens is 156 g/mol. The molecule has 2 saturated heterocycles. The van der Waals surface area contributed by atoms with E-state index in [0.29, 0.717) is 17.8 Å². The molecule has 0 aromatic carbocycles. The Balaban J connectivity index is 1.89. The molecular formula is C9H14O3. The van der Waals surface area contributed by atoms with E-state index >= 15 is 0 Å². The number of aliphatic hydroxyl groups excluding tert-OH is 1. The Kier molecular flexibility index (Phi) is 1.48. The summed E-state index contributed by atoms with van der Waals surface area (Å²) in [6.45, 7) is 1.55. The second-order valence-corrected chi connectivity index (χ2v) is 4.17. The van der Waals surface area contributed by atoms with Crippen molar-refractivity contribution in [3.8, 4) is 0 Å². The molecule has 2 unspecified atom stereocenters. The maximum atomic E-state index is 9.74. The summed E-state index contributed by atoms with van der Waals surface area (Å²) in [4.78, 5) is 0. The van der Waals surface area contributed by atoms with Gasteiger partial charge in [0.1, 0.15) is 0 Å². The molecule has 1 N–H and O–H groups in total. The maximum absolute atomic E-state index is 9.74. The van der Waals surface area contributed by atoms with Gasteiger partial charge in [0.2, 0.25) is 0 Å². The van der Waals surface area contributed by atoms with E-state index in [1.807, 2.05) is 0 Å². The van der Waals surface area contributed by atoms with Crippen LogP contribution in [0.3, 0.4) is 0 Å². The fourth-order valence-electron chi connectivity index (χ4n) is 3.05. The van der Waals surface area contributed by atoms with E-state index in [0.717, 1.165) is 26.1 Å². The van der Waals surface area contributed by atoms with Crippen molar-refractivity contribution in [1.29, 1.82) is 0 Å². The number of rotatable bonds is 0. The largest absolute Gasteiger partial charge is 0.393 e. The Labute approximate surface area is 71.7 Å². The van der Waals surface area contributed by atoms with Crippen LogP contribution in [0.4, 0.5) is 0 Å². The summed E-state index contributed by atoms with van der Waals surface area (Å²) < 4.78 is 11.0. The van der Waals surface area contributed by atoms with E-state index < -0.39 is 0 Å². The van der Waals surface area contributed by atoms with Crippen molar-refractivity contribution < 1.29 is 14.6 Å². The molecule has 3 aliphatic rings. The van der Waals surface area contributed by atoms with Gasteiger partial charge in [0.25, 0.3) is 0 Å². The maximum Gasteiger partial charge on any atom is 0.161 e. The number of hydrogen-bond donors (Lipinski definition) is 1. The standard InChI is InChI=1S/C9H14O3/c10-7-3-5-4-12-9-8(5)6(7)1-2-11-9/h5-10H,1-4H2/t5-,6?,7-,8?,9+/m0/s1. The van der Waals surface area contributed by atoms with Gasteiger partial charge in [-0.3, -0.25) is 0 Å². The van der Waals surface area contributed by atoms with Gasteiger partial charge < -0.3 is 14.6 Å². The van der Waals surface area contributed by atoms with Crippen molar-refractivity contribution in [1.82, 2.24) is 0 Å². The molecule has 0 radical (unpaired) electrons. The van der Waals surface area contributed by atoms with Crippen LogP contribution in [0.1, 0.15) is 12.8 Å². The highest BCUT2D eigenvalue weighted by atomic mass is 16.7. The predicted octanol–water partition coefficient (Wildman–Crippen LogP) is 0.376. The number of aliphatic hydroxyl groups is 1. The highest BCUT2D eigenvalue weighted by Crippen LogP contribution is 2.48. The molecule has 12 heavy (non-hydrogen) atoms. The van der Waals surface area contributed by atoms with E-state index in [4.69, 9.17) is 9.47 Å². The van der Waals surface area contributed by atoms with Crippen LogP contribution in [0.25, 0.3) is 0 Å². The lowest BCUT2D eigenvalue weighted by Crippen LogP contribution is -2.35. The summed E-state index contributed by atoms with van der Waals surface area (Å²) >= 11 is 0. The molecule has 2 aliphatic heterocycles. The highest BCUT2D eigenvalue weighted by molar-refractivity contribution is 4.97. The van der Waals surface area contributed by atoms with Gasteiger partial charge in [0.05, 0.1) is 19.3 Å². The molecule has 0 amide bonds. The Morgan fingerprint density at radius 2 is 2.17 bits per heavy atom. The summed E-state index contributed by atoms with van der Waals surface area (Å²) in [5, 5.41) is 9.74. The third kappa shape index (κ3) is 0.817. The molecule has 0 bridgehead atoms. The van der Waals surface area contributed by atoms with Gasteiger partial charge >= 0.3 is 0 Å². The summed E-state index contributed by atoms with van der Waals surface area (Å²) in [6, 6.07) is 0. The topological polar surface area (TPSA) is 38.7 Å². The van der Waals surface area contributed by atoms with E-state index in [1.165, 1.54) is 0 Å². The summed E-state index contributed by atoms with van der Waals surface area (Å²) in [7, 11) is 0. The summed E-state index contributed by atoms with van der Waals surface area (Å²) in [5.74, 6) is 1.51. The van der Waals surface area contributed by atoms with Crippen LogP contribution in [0.2, 0.25) is 0 Å². The predicted molar refractivity (Wildman–Crippen MR) is 41.4 cm³/mol. The first-order chi connectivity index (χ1) is 5.86. The lowest BCUT2D eigenvalue weighted by Gasteiger charge is -2.31. The molecule has 0 aromatic rings. The minimum Gasteiger partial charge on any atom is -0.393 e. The first kappa shape index (κ1) is 7.30. The van der Waals surface area contributed by atoms with Crippen LogP contribution in [0.15, 0.2) is 0 Å². The molecule has 3 rings (SSSR count). The zero-order chi connectivity index (χ0) is 8.13. The van der Waals surface area contributed by atoms with Gasteiger partial charge in [-0.15, -0.1) is 0 Å². The first-order valence-electron chi connectivity index (χ1n) is 4.77. The van der Waals surface area contributed by atoms with E-state index in [-0.39, 0.29) is 12.4 Å². The third-order valence-corrected chi connectivity index (χ3v) is 3.60. The number of ether oxygens (including phenoxy) is 2. The normalized spacial score (nSPS) is 57.2. The average molecular weight is 170 g/mol. The van der Waals surface area contributed by atoms with Gasteiger partial charge in [0.15, 0.2) is 6.29 Å². The Morgan fingerprint density at radius 1 is 1.25 bits per heavy atom. The number of hydrogen-bond acceptors (Lipinski definition) is 3. The van der Waals surface area contributed by atoms with Crippen molar-refractivity contribution in [2.45, 2.75) is 25.2 Å². The summed E-state index contributed by atoms with van der Waals surface area (Å²) in [5.41, 5.74) is 0. The van der Waals surface area contributed by atoms with E-state index in [2.05, 4.69) is 0 Å². The molecule has 0 aromatic heterocycles.